The van der Waals surface area contributed by atoms with E-state index in [-0.39, 0.29) is 0 Å². The minimum Gasteiger partial charge on any atom is -0.359 e. The highest BCUT2D eigenvalue weighted by Crippen LogP contribution is 2.39. The Bertz CT molecular complexity index is 368. The predicted molar refractivity (Wildman–Crippen MR) is 89.4 cm³/mol. The standard InChI is InChI=1S/C17H30N2S/c1-13-5-3-7-15(9-8-13)18-16-19-17(12-20-16)10-4-6-14(2)11-17/h13-15H,3-12H2,1-2H3,(H,18,19). The molecule has 1 N–H and O–H groups in total. The Morgan fingerprint density at radius 2 is 1.90 bits per heavy atom. The molecule has 1 spiro atoms. The number of nitrogens with one attached hydrogen (secondary N) is 1. The van der Waals surface area contributed by atoms with Gasteiger partial charge in [-0.15, -0.1) is 0 Å². The first kappa shape index (κ1) is 14.7. The Hall–Kier alpha value is -0.180. The third-order valence-corrected chi connectivity index (χ3v) is 6.65. The summed E-state index contributed by atoms with van der Waals surface area (Å²) in [5, 5.41) is 5.09. The summed E-state index contributed by atoms with van der Waals surface area (Å²) in [5.41, 5.74) is 0.388. The van der Waals surface area contributed by atoms with E-state index in [4.69, 9.17) is 4.99 Å². The molecule has 2 nitrogen and oxygen atoms in total. The van der Waals surface area contributed by atoms with Gasteiger partial charge in [0.25, 0.3) is 0 Å². The minimum absolute atomic E-state index is 0.388. The maximum absolute atomic E-state index is 5.07. The van der Waals surface area contributed by atoms with E-state index < -0.39 is 0 Å². The molecule has 3 aliphatic rings. The van der Waals surface area contributed by atoms with Crippen molar-refractivity contribution in [3.63, 3.8) is 0 Å². The molecule has 0 aromatic rings. The second-order valence-electron chi connectivity index (χ2n) is 7.60. The molecule has 3 heteroatoms. The highest BCUT2D eigenvalue weighted by Gasteiger charge is 2.40. The van der Waals surface area contributed by atoms with Gasteiger partial charge in [0.1, 0.15) is 0 Å². The van der Waals surface area contributed by atoms with Gasteiger partial charge in [-0.1, -0.05) is 51.3 Å². The second kappa shape index (κ2) is 6.29. The summed E-state index contributed by atoms with van der Waals surface area (Å²) in [6.45, 7) is 4.81. The lowest BCUT2D eigenvalue weighted by molar-refractivity contribution is 0.242. The molecule has 4 atom stereocenters. The van der Waals surface area contributed by atoms with Crippen LogP contribution in [-0.4, -0.2) is 22.5 Å². The van der Waals surface area contributed by atoms with E-state index in [0.29, 0.717) is 11.6 Å². The van der Waals surface area contributed by atoms with Crippen LogP contribution in [0.15, 0.2) is 4.99 Å². The average molecular weight is 295 g/mol. The van der Waals surface area contributed by atoms with Gasteiger partial charge in [-0.05, 0) is 43.9 Å². The van der Waals surface area contributed by atoms with Crippen LogP contribution < -0.4 is 5.32 Å². The van der Waals surface area contributed by atoms with Gasteiger partial charge in [-0.2, -0.15) is 0 Å². The van der Waals surface area contributed by atoms with Crippen LogP contribution >= 0.6 is 11.8 Å². The molecule has 1 saturated heterocycles. The molecule has 1 heterocycles. The molecular weight excluding hydrogens is 264 g/mol. The summed E-state index contributed by atoms with van der Waals surface area (Å²) in [6.07, 6.45) is 12.3. The molecule has 20 heavy (non-hydrogen) atoms. The lowest BCUT2D eigenvalue weighted by Gasteiger charge is -2.36. The third-order valence-electron chi connectivity index (χ3n) is 5.48. The summed E-state index contributed by atoms with van der Waals surface area (Å²) >= 11 is 1.99. The van der Waals surface area contributed by atoms with E-state index >= 15 is 0 Å². The zero-order valence-electron chi connectivity index (χ0n) is 13.2. The average Bonchev–Trinajstić information content (AvgIpc) is 2.65. The van der Waals surface area contributed by atoms with Gasteiger partial charge in [-0.25, -0.2) is 0 Å². The summed E-state index contributed by atoms with van der Waals surface area (Å²) in [5.74, 6) is 3.05. The molecule has 2 saturated carbocycles. The summed E-state index contributed by atoms with van der Waals surface area (Å²) < 4.78 is 0. The van der Waals surface area contributed by atoms with Gasteiger partial charge in [-0.3, -0.25) is 4.99 Å². The van der Waals surface area contributed by atoms with Crippen molar-refractivity contribution >= 4 is 16.9 Å². The van der Waals surface area contributed by atoms with E-state index in [1.54, 1.807) is 0 Å². The van der Waals surface area contributed by atoms with E-state index in [2.05, 4.69) is 19.2 Å². The normalized spacial score (nSPS) is 44.5. The van der Waals surface area contributed by atoms with E-state index in [1.807, 2.05) is 11.8 Å². The predicted octanol–water partition coefficient (Wildman–Crippen LogP) is 4.60. The van der Waals surface area contributed by atoms with E-state index in [0.717, 1.165) is 11.8 Å². The summed E-state index contributed by atoms with van der Waals surface area (Å²) in [4.78, 5) is 5.07. The second-order valence-corrected chi connectivity index (χ2v) is 8.56. The van der Waals surface area contributed by atoms with Crippen LogP contribution in [0.2, 0.25) is 0 Å². The van der Waals surface area contributed by atoms with Crippen LogP contribution in [0.4, 0.5) is 0 Å². The van der Waals surface area contributed by atoms with Crippen LogP contribution in [-0.2, 0) is 0 Å². The van der Waals surface area contributed by atoms with Crippen molar-refractivity contribution in [3.8, 4) is 0 Å². The number of nitrogens with zero attached hydrogens (tertiary/aromatic N) is 1. The largest absolute Gasteiger partial charge is 0.359 e. The molecule has 0 bridgehead atoms. The first-order valence-corrected chi connectivity index (χ1v) is 9.63. The van der Waals surface area contributed by atoms with Crippen LogP contribution in [0.5, 0.6) is 0 Å². The molecule has 0 amide bonds. The highest BCUT2D eigenvalue weighted by molar-refractivity contribution is 8.14. The maximum Gasteiger partial charge on any atom is 0.157 e. The van der Waals surface area contributed by atoms with Crippen molar-refractivity contribution < 1.29 is 0 Å². The first-order valence-electron chi connectivity index (χ1n) is 8.64. The number of rotatable bonds is 1. The van der Waals surface area contributed by atoms with Gasteiger partial charge >= 0.3 is 0 Å². The smallest absolute Gasteiger partial charge is 0.157 e. The van der Waals surface area contributed by atoms with Crippen molar-refractivity contribution in [2.75, 3.05) is 5.75 Å². The van der Waals surface area contributed by atoms with Crippen LogP contribution in [0, 0.1) is 11.8 Å². The van der Waals surface area contributed by atoms with E-state index in [9.17, 15) is 0 Å². The van der Waals surface area contributed by atoms with Crippen molar-refractivity contribution in [2.24, 2.45) is 16.8 Å². The molecule has 0 radical (unpaired) electrons. The Balaban J connectivity index is 1.60. The van der Waals surface area contributed by atoms with Crippen molar-refractivity contribution in [3.05, 3.63) is 0 Å². The number of amidine groups is 1. The van der Waals surface area contributed by atoms with Gasteiger partial charge < -0.3 is 5.32 Å². The number of thioether (sulfide) groups is 1. The number of aliphatic imine (C=N–C) groups is 1. The van der Waals surface area contributed by atoms with Crippen LogP contribution in [0.1, 0.15) is 71.6 Å². The fraction of sp³-hybridized carbons (Fsp3) is 0.941. The number of hydrogen-bond acceptors (Lipinski definition) is 2. The van der Waals surface area contributed by atoms with Crippen LogP contribution in [0.25, 0.3) is 0 Å². The molecular formula is C17H30N2S. The van der Waals surface area contributed by atoms with Gasteiger partial charge in [0.15, 0.2) is 5.17 Å². The van der Waals surface area contributed by atoms with Gasteiger partial charge in [0, 0.05) is 11.3 Å². The Morgan fingerprint density at radius 3 is 2.75 bits per heavy atom. The lowest BCUT2D eigenvalue weighted by atomic mass is 9.78. The Labute approximate surface area is 128 Å². The van der Waals surface area contributed by atoms with Gasteiger partial charge in [0.05, 0.1) is 6.04 Å². The number of hydrogen-bond donors (Lipinski definition) is 1. The van der Waals surface area contributed by atoms with Crippen molar-refractivity contribution in [1.82, 2.24) is 5.32 Å². The quantitative estimate of drug-likeness (QED) is 0.715. The minimum atomic E-state index is 0.388. The molecule has 4 unspecified atom stereocenters. The monoisotopic (exact) mass is 294 g/mol. The molecule has 3 rings (SSSR count). The topological polar surface area (TPSA) is 24.4 Å². The van der Waals surface area contributed by atoms with Gasteiger partial charge in [0.2, 0.25) is 0 Å². The molecule has 0 aromatic heterocycles. The zero-order valence-corrected chi connectivity index (χ0v) is 14.0. The molecule has 3 fully saturated rings. The molecule has 1 aliphatic heterocycles. The fourth-order valence-electron chi connectivity index (χ4n) is 4.24. The zero-order chi connectivity index (χ0) is 14.0. The molecule has 114 valence electrons. The molecule has 0 aromatic carbocycles. The van der Waals surface area contributed by atoms with Crippen molar-refractivity contribution in [1.29, 1.82) is 0 Å². The fourth-order valence-corrected chi connectivity index (χ4v) is 5.50. The first-order chi connectivity index (χ1) is 9.65. The third kappa shape index (κ3) is 3.52. The Morgan fingerprint density at radius 1 is 1.05 bits per heavy atom. The molecule has 2 aliphatic carbocycles. The van der Waals surface area contributed by atoms with Crippen molar-refractivity contribution in [2.45, 2.75) is 83.2 Å². The highest BCUT2D eigenvalue weighted by atomic mass is 32.2. The van der Waals surface area contributed by atoms with E-state index in [1.165, 1.54) is 68.7 Å². The SMILES string of the molecule is CC1CCCC(N=C2NC3(CCCC(C)C3)CS2)CC1. The lowest BCUT2D eigenvalue weighted by Crippen LogP contribution is -2.47. The summed E-state index contributed by atoms with van der Waals surface area (Å²) in [6, 6.07) is 0.589. The maximum atomic E-state index is 5.07. The Kier molecular flexibility index (Phi) is 4.64. The summed E-state index contributed by atoms with van der Waals surface area (Å²) in [7, 11) is 0. The van der Waals surface area contributed by atoms with Crippen LogP contribution in [0.3, 0.4) is 0 Å².